The second-order valence-electron chi connectivity index (χ2n) is 12.3. The third-order valence-corrected chi connectivity index (χ3v) is 10.5. The monoisotopic (exact) mass is 474 g/mol. The molecule has 0 bridgehead atoms. The fraction of sp³-hybridized carbons (Fsp3) is 1.00. The van der Waals surface area contributed by atoms with Crippen LogP contribution in [-0.4, -0.2) is 35.9 Å². The molecule has 1 N–H and O–H groups in total. The average Bonchev–Trinajstić information content (AvgIpc) is 2.84. The Morgan fingerprint density at radius 1 is 0.606 bits per heavy atom. The summed E-state index contributed by atoms with van der Waals surface area (Å²) in [5, 5.41) is 11.1. The van der Waals surface area contributed by atoms with E-state index in [-0.39, 0.29) is 35.5 Å². The van der Waals surface area contributed by atoms with Crippen LogP contribution in [0.25, 0.3) is 0 Å². The number of halogens is 4. The molecule has 1 nitrogen and oxygen atoms in total. The van der Waals surface area contributed by atoms with Gasteiger partial charge in [-0.1, -0.05) is 46.0 Å². The first-order valence-corrected chi connectivity index (χ1v) is 14.0. The van der Waals surface area contributed by atoms with Crippen LogP contribution >= 0.6 is 0 Å². The molecule has 10 atom stereocenters. The number of aliphatic hydroxyl groups is 1. The van der Waals surface area contributed by atoms with Crippen molar-refractivity contribution in [3.63, 3.8) is 0 Å². The third kappa shape index (κ3) is 5.43. The van der Waals surface area contributed by atoms with Crippen molar-refractivity contribution in [1.29, 1.82) is 0 Å². The van der Waals surface area contributed by atoms with E-state index in [0.717, 1.165) is 70.6 Å². The molecule has 10 unspecified atom stereocenters. The smallest absolute Gasteiger partial charge is 0.135 e. The molecular weight excluding hydrogens is 428 g/mol. The maximum absolute atomic E-state index is 15.3. The molecule has 4 rings (SSSR count). The minimum absolute atomic E-state index is 0.0549. The topological polar surface area (TPSA) is 20.2 Å². The van der Waals surface area contributed by atoms with Crippen LogP contribution in [0.4, 0.5) is 17.6 Å². The molecule has 192 valence electrons. The van der Waals surface area contributed by atoms with Gasteiger partial charge < -0.3 is 5.11 Å². The Labute approximate surface area is 198 Å². The van der Waals surface area contributed by atoms with Gasteiger partial charge in [0, 0.05) is 0 Å². The minimum atomic E-state index is -1.48. The van der Waals surface area contributed by atoms with Gasteiger partial charge in [0.25, 0.3) is 0 Å². The standard InChI is InChI=1S/C28H46F4O/c1-16-8-13-22(26(31)24(16)29)19-9-11-20(12-10-19)28(33)17(2)21-14-15-23(27(32)25(21)30)18-6-4-3-5-7-18/h16-28,33H,3-15H2,1-2H3. The summed E-state index contributed by atoms with van der Waals surface area (Å²) < 4.78 is 59.3. The molecule has 0 aromatic carbocycles. The summed E-state index contributed by atoms with van der Waals surface area (Å²) in [7, 11) is 0. The lowest BCUT2D eigenvalue weighted by molar-refractivity contribution is -0.0680. The highest BCUT2D eigenvalue weighted by Gasteiger charge is 2.48. The van der Waals surface area contributed by atoms with E-state index in [9.17, 15) is 13.9 Å². The van der Waals surface area contributed by atoms with Crippen LogP contribution in [0.2, 0.25) is 0 Å². The Balaban J connectivity index is 1.28. The van der Waals surface area contributed by atoms with Gasteiger partial charge in [0.1, 0.15) is 24.7 Å². The molecule has 0 heterocycles. The first-order valence-electron chi connectivity index (χ1n) is 14.0. The Hall–Kier alpha value is -0.320. The Kier molecular flexibility index (Phi) is 8.72. The molecule has 0 aromatic rings. The Bertz CT molecular complexity index is 603. The molecule has 4 aliphatic rings. The second-order valence-corrected chi connectivity index (χ2v) is 12.3. The maximum atomic E-state index is 15.3. The number of hydrogen-bond acceptors (Lipinski definition) is 1. The second kappa shape index (κ2) is 11.2. The van der Waals surface area contributed by atoms with E-state index < -0.39 is 36.7 Å². The van der Waals surface area contributed by atoms with E-state index in [0.29, 0.717) is 12.3 Å². The van der Waals surface area contributed by atoms with E-state index in [1.165, 1.54) is 6.42 Å². The quantitative estimate of drug-likeness (QED) is 0.403. The highest BCUT2D eigenvalue weighted by molar-refractivity contribution is 4.97. The van der Waals surface area contributed by atoms with Gasteiger partial charge in [0.2, 0.25) is 0 Å². The van der Waals surface area contributed by atoms with Crippen molar-refractivity contribution >= 4 is 0 Å². The van der Waals surface area contributed by atoms with Gasteiger partial charge in [-0.25, -0.2) is 17.6 Å². The molecule has 0 radical (unpaired) electrons. The van der Waals surface area contributed by atoms with Gasteiger partial charge in [0.05, 0.1) is 6.10 Å². The first-order chi connectivity index (χ1) is 15.8. The molecule has 0 saturated heterocycles. The fourth-order valence-corrected chi connectivity index (χ4v) is 8.20. The SMILES string of the molecule is CC1CCC(C2CCC(C(O)C(C)C3CCC(C4CCCCC4)C(F)C3F)CC2)C(F)C1F. The van der Waals surface area contributed by atoms with Gasteiger partial charge in [-0.05, 0) is 98.7 Å². The lowest BCUT2D eigenvalue weighted by Crippen LogP contribution is -2.47. The number of alkyl halides is 4. The van der Waals surface area contributed by atoms with Gasteiger partial charge in [-0.3, -0.25) is 0 Å². The normalized spacial score (nSPS) is 47.7. The van der Waals surface area contributed by atoms with Crippen molar-refractivity contribution in [3.8, 4) is 0 Å². The molecule has 0 amide bonds. The zero-order chi connectivity index (χ0) is 23.7. The van der Waals surface area contributed by atoms with Crippen molar-refractivity contribution < 1.29 is 22.7 Å². The molecule has 4 saturated carbocycles. The highest BCUT2D eigenvalue weighted by Crippen LogP contribution is 2.48. The van der Waals surface area contributed by atoms with Gasteiger partial charge in [-0.15, -0.1) is 0 Å². The summed E-state index contributed by atoms with van der Waals surface area (Å²) in [6.45, 7) is 3.69. The maximum Gasteiger partial charge on any atom is 0.135 e. The summed E-state index contributed by atoms with van der Waals surface area (Å²) in [5.74, 6) is -0.682. The first kappa shape index (κ1) is 25.8. The summed E-state index contributed by atoms with van der Waals surface area (Å²) >= 11 is 0. The fourth-order valence-electron chi connectivity index (χ4n) is 8.20. The van der Waals surface area contributed by atoms with Gasteiger partial charge in [0.15, 0.2) is 0 Å². The predicted octanol–water partition coefficient (Wildman–Crippen LogP) is 7.79. The van der Waals surface area contributed by atoms with Crippen LogP contribution in [-0.2, 0) is 0 Å². The Morgan fingerprint density at radius 2 is 1.15 bits per heavy atom. The van der Waals surface area contributed by atoms with Crippen LogP contribution in [0.15, 0.2) is 0 Å². The summed E-state index contributed by atoms with van der Waals surface area (Å²) in [6, 6.07) is 0. The summed E-state index contributed by atoms with van der Waals surface area (Å²) in [5.41, 5.74) is 0. The van der Waals surface area contributed by atoms with E-state index in [1.807, 2.05) is 6.92 Å². The minimum Gasteiger partial charge on any atom is -0.393 e. The van der Waals surface area contributed by atoms with Gasteiger partial charge in [-0.2, -0.15) is 0 Å². The molecule has 33 heavy (non-hydrogen) atoms. The predicted molar refractivity (Wildman–Crippen MR) is 125 cm³/mol. The van der Waals surface area contributed by atoms with Crippen LogP contribution in [0.5, 0.6) is 0 Å². The molecule has 4 fully saturated rings. The molecule has 5 heteroatoms. The highest BCUT2D eigenvalue weighted by atomic mass is 19.2. The largest absolute Gasteiger partial charge is 0.393 e. The van der Waals surface area contributed by atoms with Crippen LogP contribution in [0, 0.1) is 47.3 Å². The average molecular weight is 475 g/mol. The summed E-state index contributed by atoms with van der Waals surface area (Å²) in [6.07, 6.45) is 5.38. The Morgan fingerprint density at radius 3 is 1.79 bits per heavy atom. The number of rotatable bonds is 5. The van der Waals surface area contributed by atoms with Crippen molar-refractivity contribution in [2.75, 3.05) is 0 Å². The zero-order valence-electron chi connectivity index (χ0n) is 20.7. The zero-order valence-corrected chi connectivity index (χ0v) is 20.7. The molecule has 0 aliphatic heterocycles. The van der Waals surface area contributed by atoms with Gasteiger partial charge >= 0.3 is 0 Å². The molecule has 0 aromatic heterocycles. The van der Waals surface area contributed by atoms with Crippen molar-refractivity contribution in [2.24, 2.45) is 47.3 Å². The molecule has 4 aliphatic carbocycles. The lowest BCUT2D eigenvalue weighted by atomic mass is 9.63. The van der Waals surface area contributed by atoms with Crippen molar-refractivity contribution in [2.45, 2.75) is 128 Å². The van der Waals surface area contributed by atoms with Crippen LogP contribution in [0.3, 0.4) is 0 Å². The number of aliphatic hydroxyl groups excluding tert-OH is 1. The van der Waals surface area contributed by atoms with Crippen molar-refractivity contribution in [3.05, 3.63) is 0 Å². The lowest BCUT2D eigenvalue weighted by Gasteiger charge is -2.45. The van der Waals surface area contributed by atoms with E-state index in [4.69, 9.17) is 0 Å². The van der Waals surface area contributed by atoms with E-state index >= 15 is 8.78 Å². The number of hydrogen-bond donors (Lipinski definition) is 1. The van der Waals surface area contributed by atoms with Crippen LogP contribution < -0.4 is 0 Å². The van der Waals surface area contributed by atoms with Crippen LogP contribution in [0.1, 0.15) is 97.3 Å². The third-order valence-electron chi connectivity index (χ3n) is 10.5. The molecule has 0 spiro atoms. The summed E-state index contributed by atoms with van der Waals surface area (Å²) in [4.78, 5) is 0. The molecular formula is C28H46F4O. The van der Waals surface area contributed by atoms with E-state index in [2.05, 4.69) is 0 Å². The van der Waals surface area contributed by atoms with E-state index in [1.54, 1.807) is 6.92 Å². The van der Waals surface area contributed by atoms with Crippen molar-refractivity contribution in [1.82, 2.24) is 0 Å².